The lowest BCUT2D eigenvalue weighted by Gasteiger charge is -2.10. The van der Waals surface area contributed by atoms with Gasteiger partial charge in [-0.1, -0.05) is 26.0 Å². The number of rotatable bonds is 6. The Bertz CT molecular complexity index is 639. The molecule has 1 unspecified atom stereocenters. The van der Waals surface area contributed by atoms with Gasteiger partial charge in [0.05, 0.1) is 10.7 Å². The fraction of sp³-hybridized carbons (Fsp3) is 0.444. The molecule has 1 atom stereocenters. The lowest BCUT2D eigenvalue weighted by Crippen LogP contribution is -2.23. The molecule has 0 fully saturated rings. The van der Waals surface area contributed by atoms with Crippen LogP contribution in [-0.2, 0) is 6.42 Å². The highest BCUT2D eigenvalue weighted by atomic mass is 32.1. The van der Waals surface area contributed by atoms with Crippen molar-refractivity contribution >= 4 is 23.0 Å². The first-order valence-corrected chi connectivity index (χ1v) is 8.91. The Morgan fingerprint density at radius 2 is 2.00 bits per heavy atom. The Balaban J connectivity index is 1.86. The molecule has 1 aromatic heterocycles. The summed E-state index contributed by atoms with van der Waals surface area (Å²) >= 11 is 1.73. The van der Waals surface area contributed by atoms with E-state index in [0.29, 0.717) is 18.4 Å². The zero-order chi connectivity index (χ0) is 16.8. The number of hydrogen-bond donors (Lipinski definition) is 2. The third kappa shape index (κ3) is 5.06. The molecule has 4 nitrogen and oxygen atoms in total. The number of benzene rings is 1. The van der Waals surface area contributed by atoms with Crippen molar-refractivity contribution in [1.82, 2.24) is 4.98 Å². The fourth-order valence-corrected chi connectivity index (χ4v) is 3.16. The van der Waals surface area contributed by atoms with Gasteiger partial charge < -0.3 is 11.1 Å². The van der Waals surface area contributed by atoms with Crippen LogP contribution >= 0.6 is 11.3 Å². The highest BCUT2D eigenvalue weighted by Gasteiger charge is 2.04. The predicted octanol–water partition coefficient (Wildman–Crippen LogP) is 4.24. The van der Waals surface area contributed by atoms with Gasteiger partial charge in [-0.05, 0) is 43.9 Å². The first-order chi connectivity index (χ1) is 11.0. The zero-order valence-electron chi connectivity index (χ0n) is 14.4. The average Bonchev–Trinajstić information content (AvgIpc) is 2.85. The summed E-state index contributed by atoms with van der Waals surface area (Å²) in [7, 11) is 0. The van der Waals surface area contributed by atoms with Crippen LogP contribution in [0.4, 0.5) is 5.69 Å². The van der Waals surface area contributed by atoms with Gasteiger partial charge in [0, 0.05) is 23.5 Å². The molecule has 0 aliphatic heterocycles. The number of aryl methyl sites for hydroxylation is 2. The van der Waals surface area contributed by atoms with E-state index in [1.807, 2.05) is 6.92 Å². The van der Waals surface area contributed by atoms with Gasteiger partial charge in [0.15, 0.2) is 5.96 Å². The molecule has 0 bridgehead atoms. The second kappa shape index (κ2) is 8.11. The normalized spacial score (nSPS) is 13.1. The molecular weight excluding hydrogens is 304 g/mol. The van der Waals surface area contributed by atoms with Crippen LogP contribution in [0.3, 0.4) is 0 Å². The number of nitrogens with one attached hydrogen (secondary N) is 1. The van der Waals surface area contributed by atoms with Crippen LogP contribution in [0, 0.1) is 13.8 Å². The summed E-state index contributed by atoms with van der Waals surface area (Å²) in [4.78, 5) is 10.2. The monoisotopic (exact) mass is 330 g/mol. The van der Waals surface area contributed by atoms with Crippen molar-refractivity contribution in [3.8, 4) is 0 Å². The first-order valence-electron chi connectivity index (χ1n) is 8.09. The maximum absolute atomic E-state index is 5.95. The van der Waals surface area contributed by atoms with E-state index in [0.717, 1.165) is 29.2 Å². The maximum atomic E-state index is 5.95. The highest BCUT2D eigenvalue weighted by molar-refractivity contribution is 7.11. The molecule has 2 rings (SSSR count). The second-order valence-corrected chi connectivity index (χ2v) is 7.11. The largest absolute Gasteiger partial charge is 0.370 e. The van der Waals surface area contributed by atoms with Crippen molar-refractivity contribution in [2.75, 3.05) is 11.9 Å². The van der Waals surface area contributed by atoms with Crippen molar-refractivity contribution in [1.29, 1.82) is 0 Å². The first kappa shape index (κ1) is 17.5. The number of guanidine groups is 1. The molecule has 0 saturated heterocycles. The molecule has 0 spiro atoms. The van der Waals surface area contributed by atoms with Gasteiger partial charge in [0.2, 0.25) is 0 Å². The van der Waals surface area contributed by atoms with E-state index < -0.39 is 0 Å². The van der Waals surface area contributed by atoms with E-state index in [9.17, 15) is 0 Å². The molecule has 0 amide bonds. The quantitative estimate of drug-likeness (QED) is 0.615. The van der Waals surface area contributed by atoms with Crippen LogP contribution in [-0.4, -0.2) is 17.5 Å². The third-order valence-electron chi connectivity index (χ3n) is 4.05. The number of thiazole rings is 1. The van der Waals surface area contributed by atoms with Crippen molar-refractivity contribution in [2.45, 2.75) is 46.5 Å². The summed E-state index contributed by atoms with van der Waals surface area (Å²) in [5.41, 5.74) is 9.38. The Hall–Kier alpha value is -1.88. The van der Waals surface area contributed by atoms with E-state index in [4.69, 9.17) is 5.73 Å². The molecule has 0 aliphatic rings. The van der Waals surface area contributed by atoms with Gasteiger partial charge in [-0.3, -0.25) is 4.99 Å². The average molecular weight is 331 g/mol. The van der Waals surface area contributed by atoms with E-state index >= 15 is 0 Å². The van der Waals surface area contributed by atoms with Crippen LogP contribution in [0.5, 0.6) is 0 Å². The van der Waals surface area contributed by atoms with E-state index in [1.54, 1.807) is 11.3 Å². The highest BCUT2D eigenvalue weighted by Crippen LogP contribution is 2.20. The summed E-state index contributed by atoms with van der Waals surface area (Å²) in [6.07, 6.45) is 1.97. The van der Waals surface area contributed by atoms with Crippen LogP contribution in [0.1, 0.15) is 47.3 Å². The van der Waals surface area contributed by atoms with Gasteiger partial charge >= 0.3 is 0 Å². The van der Waals surface area contributed by atoms with Gasteiger partial charge in [-0.2, -0.15) is 0 Å². The van der Waals surface area contributed by atoms with Gasteiger partial charge in [-0.25, -0.2) is 4.98 Å². The minimum atomic E-state index is 0.450. The molecular formula is C18H26N4S. The summed E-state index contributed by atoms with van der Waals surface area (Å²) in [5, 5.41) is 4.26. The molecule has 2 aromatic rings. The van der Waals surface area contributed by atoms with Crippen molar-refractivity contribution in [3.05, 3.63) is 45.4 Å². The fourth-order valence-electron chi connectivity index (χ4n) is 2.24. The molecule has 1 aromatic carbocycles. The molecule has 3 N–H and O–H groups in total. The maximum Gasteiger partial charge on any atom is 0.193 e. The lowest BCUT2D eigenvalue weighted by atomic mass is 9.99. The van der Waals surface area contributed by atoms with Crippen LogP contribution in [0.25, 0.3) is 0 Å². The zero-order valence-corrected chi connectivity index (χ0v) is 15.2. The SMILES string of the molecule is CCC(C)c1ccc(NC(N)=NCCc2nc(C)c(C)s2)cc1. The number of aromatic nitrogens is 1. The van der Waals surface area contributed by atoms with Gasteiger partial charge in [0.1, 0.15) is 0 Å². The van der Waals surface area contributed by atoms with Gasteiger partial charge in [-0.15, -0.1) is 11.3 Å². The van der Waals surface area contributed by atoms with Gasteiger partial charge in [0.25, 0.3) is 0 Å². The van der Waals surface area contributed by atoms with Crippen molar-refractivity contribution < 1.29 is 0 Å². The summed E-state index contributed by atoms with van der Waals surface area (Å²) < 4.78 is 0. The molecule has 0 aliphatic carbocycles. The Labute approximate surface area is 142 Å². The minimum Gasteiger partial charge on any atom is -0.370 e. The van der Waals surface area contributed by atoms with E-state index in [-0.39, 0.29) is 0 Å². The van der Waals surface area contributed by atoms with Crippen LogP contribution in [0.15, 0.2) is 29.3 Å². The molecule has 0 saturated carbocycles. The molecule has 5 heteroatoms. The van der Waals surface area contributed by atoms with E-state index in [1.165, 1.54) is 10.4 Å². The Kier molecular flexibility index (Phi) is 6.16. The van der Waals surface area contributed by atoms with Crippen LogP contribution < -0.4 is 11.1 Å². The lowest BCUT2D eigenvalue weighted by molar-refractivity contribution is 0.734. The summed E-state index contributed by atoms with van der Waals surface area (Å²) in [6, 6.07) is 8.39. The molecule has 0 radical (unpaired) electrons. The summed E-state index contributed by atoms with van der Waals surface area (Å²) in [5.74, 6) is 1.03. The second-order valence-electron chi connectivity index (χ2n) is 5.82. The Morgan fingerprint density at radius 1 is 1.30 bits per heavy atom. The Morgan fingerprint density at radius 3 is 2.57 bits per heavy atom. The third-order valence-corrected chi connectivity index (χ3v) is 5.18. The molecule has 23 heavy (non-hydrogen) atoms. The number of nitrogens with zero attached hydrogens (tertiary/aromatic N) is 2. The number of hydrogen-bond acceptors (Lipinski definition) is 3. The summed E-state index contributed by atoms with van der Waals surface area (Å²) in [6.45, 7) is 9.22. The number of nitrogens with two attached hydrogens (primary N) is 1. The predicted molar refractivity (Wildman–Crippen MR) is 101 cm³/mol. The topological polar surface area (TPSA) is 63.3 Å². The number of aliphatic imine (C=N–C) groups is 1. The smallest absolute Gasteiger partial charge is 0.193 e. The standard InChI is InChI=1S/C18H26N4S/c1-5-12(2)15-6-8-16(9-7-15)22-18(19)20-11-10-17-21-13(3)14(4)23-17/h6-9,12H,5,10-11H2,1-4H3,(H3,19,20,22). The van der Waals surface area contributed by atoms with Crippen LogP contribution in [0.2, 0.25) is 0 Å². The van der Waals surface area contributed by atoms with Crippen molar-refractivity contribution in [3.63, 3.8) is 0 Å². The molecule has 1 heterocycles. The number of anilines is 1. The molecule has 124 valence electrons. The van der Waals surface area contributed by atoms with Crippen molar-refractivity contribution in [2.24, 2.45) is 10.7 Å². The minimum absolute atomic E-state index is 0.450. The van der Waals surface area contributed by atoms with E-state index in [2.05, 4.69) is 60.3 Å².